The lowest BCUT2D eigenvalue weighted by atomic mass is 10.0. The molecule has 1 saturated heterocycles. The van der Waals surface area contributed by atoms with Gasteiger partial charge in [-0.1, -0.05) is 12.8 Å². The van der Waals surface area contributed by atoms with E-state index in [1.54, 1.807) is 6.20 Å². The molecule has 10 nitrogen and oxygen atoms in total. The van der Waals surface area contributed by atoms with E-state index in [2.05, 4.69) is 31.9 Å². The summed E-state index contributed by atoms with van der Waals surface area (Å²) in [4.78, 5) is 28.6. The van der Waals surface area contributed by atoms with Crippen LogP contribution >= 0.6 is 11.3 Å². The number of β-amino-alcohol motifs (C(OH)–C–C–N with tert-alkyl or cyclic N) is 1. The molecule has 1 aliphatic heterocycles. The molecule has 0 unspecified atom stereocenters. The van der Waals surface area contributed by atoms with Gasteiger partial charge in [-0.25, -0.2) is 9.97 Å². The summed E-state index contributed by atoms with van der Waals surface area (Å²) in [5, 5.41) is 26.7. The van der Waals surface area contributed by atoms with Gasteiger partial charge in [0.25, 0.3) is 0 Å². The molecular weight excluding hydrogens is 452 g/mol. The van der Waals surface area contributed by atoms with Crippen LogP contribution in [0.1, 0.15) is 61.4 Å². The molecule has 11 heteroatoms. The normalized spacial score (nSPS) is 22.3. The van der Waals surface area contributed by atoms with E-state index < -0.39 is 12.1 Å². The molecular formula is C23H28N8O2S. The molecule has 6 rings (SSSR count). The van der Waals surface area contributed by atoms with Gasteiger partial charge in [-0.15, -0.1) is 11.3 Å². The van der Waals surface area contributed by atoms with Crippen LogP contribution in [0, 0.1) is 0 Å². The zero-order valence-electron chi connectivity index (χ0n) is 18.8. The van der Waals surface area contributed by atoms with E-state index in [0.717, 1.165) is 42.2 Å². The van der Waals surface area contributed by atoms with E-state index in [9.17, 15) is 9.90 Å². The fourth-order valence-corrected chi connectivity index (χ4v) is 5.91. The Morgan fingerprint density at radius 2 is 2.09 bits per heavy atom. The molecule has 2 fully saturated rings. The van der Waals surface area contributed by atoms with Crippen molar-refractivity contribution in [3.63, 3.8) is 0 Å². The smallest absolute Gasteiger partial charge is 0.249 e. The van der Waals surface area contributed by atoms with Gasteiger partial charge in [0.15, 0.2) is 10.9 Å². The SMILES string of the molecule is O=C(Nc1nccs1)[C@@H]1C[C@H](O)CN1c1nc2c(c(Nc3cc(C4CCCC4)[nH]n3)n1)CCC2. The van der Waals surface area contributed by atoms with Crippen LogP contribution in [-0.4, -0.2) is 54.9 Å². The van der Waals surface area contributed by atoms with Gasteiger partial charge in [-0.05, 0) is 32.1 Å². The Hall–Kier alpha value is -3.05. The number of carbonyl (C=O) groups is 1. The Bertz CT molecular complexity index is 1170. The molecule has 3 aromatic rings. The largest absolute Gasteiger partial charge is 0.391 e. The van der Waals surface area contributed by atoms with Gasteiger partial charge < -0.3 is 20.6 Å². The Labute approximate surface area is 201 Å². The molecule has 0 aromatic carbocycles. The summed E-state index contributed by atoms with van der Waals surface area (Å²) in [6, 6.07) is 1.52. The van der Waals surface area contributed by atoms with Gasteiger partial charge in [-0.3, -0.25) is 9.89 Å². The van der Waals surface area contributed by atoms with Crippen molar-refractivity contribution in [1.29, 1.82) is 0 Å². The van der Waals surface area contributed by atoms with Crippen molar-refractivity contribution in [2.24, 2.45) is 0 Å². The van der Waals surface area contributed by atoms with Crippen molar-refractivity contribution in [2.45, 2.75) is 69.4 Å². The highest BCUT2D eigenvalue weighted by molar-refractivity contribution is 7.13. The number of aliphatic hydroxyl groups is 1. The van der Waals surface area contributed by atoms with Gasteiger partial charge in [0, 0.05) is 47.8 Å². The first-order valence-corrected chi connectivity index (χ1v) is 12.9. The predicted octanol–water partition coefficient (Wildman–Crippen LogP) is 3.12. The Morgan fingerprint density at radius 3 is 2.91 bits per heavy atom. The number of amides is 1. The molecule has 1 saturated carbocycles. The summed E-state index contributed by atoms with van der Waals surface area (Å²) in [5.41, 5.74) is 3.28. The first-order valence-electron chi connectivity index (χ1n) is 12.0. The maximum absolute atomic E-state index is 13.0. The summed E-state index contributed by atoms with van der Waals surface area (Å²) in [6.07, 6.45) is 9.11. The molecule has 3 aliphatic rings. The number of nitrogens with one attached hydrogen (secondary N) is 3. The van der Waals surface area contributed by atoms with Crippen molar-refractivity contribution >= 4 is 40.0 Å². The van der Waals surface area contributed by atoms with E-state index in [0.29, 0.717) is 30.0 Å². The van der Waals surface area contributed by atoms with Crippen molar-refractivity contribution in [3.8, 4) is 0 Å². The third-order valence-corrected chi connectivity index (χ3v) is 7.75. The zero-order valence-corrected chi connectivity index (χ0v) is 19.6. The van der Waals surface area contributed by atoms with Crippen LogP contribution < -0.4 is 15.5 Å². The molecule has 4 N–H and O–H groups in total. The number of nitrogens with zero attached hydrogens (tertiary/aromatic N) is 5. The highest BCUT2D eigenvalue weighted by Crippen LogP contribution is 2.36. The number of aliphatic hydroxyl groups excluding tert-OH is 1. The van der Waals surface area contributed by atoms with Crippen LogP contribution in [-0.2, 0) is 17.6 Å². The molecule has 0 radical (unpaired) electrons. The number of carbonyl (C=O) groups excluding carboxylic acids is 1. The first kappa shape index (κ1) is 21.5. The number of aryl methyl sites for hydroxylation is 1. The fraction of sp³-hybridized carbons (Fsp3) is 0.522. The summed E-state index contributed by atoms with van der Waals surface area (Å²) < 4.78 is 0. The van der Waals surface area contributed by atoms with Crippen LogP contribution in [0.4, 0.5) is 22.7 Å². The topological polar surface area (TPSA) is 132 Å². The lowest BCUT2D eigenvalue weighted by molar-refractivity contribution is -0.117. The maximum atomic E-state index is 13.0. The van der Waals surface area contributed by atoms with Gasteiger partial charge in [-0.2, -0.15) is 10.1 Å². The van der Waals surface area contributed by atoms with E-state index in [1.807, 2.05) is 10.3 Å². The lowest BCUT2D eigenvalue weighted by Crippen LogP contribution is -2.40. The van der Waals surface area contributed by atoms with Crippen molar-refractivity contribution in [2.75, 3.05) is 22.1 Å². The molecule has 2 atom stereocenters. The summed E-state index contributed by atoms with van der Waals surface area (Å²) >= 11 is 1.36. The monoisotopic (exact) mass is 480 g/mol. The number of anilines is 4. The van der Waals surface area contributed by atoms with Gasteiger partial charge in [0.2, 0.25) is 11.9 Å². The second-order valence-electron chi connectivity index (χ2n) is 9.35. The number of hydrogen-bond acceptors (Lipinski definition) is 9. The quantitative estimate of drug-likeness (QED) is 0.423. The number of hydrogen-bond donors (Lipinski definition) is 4. The zero-order chi connectivity index (χ0) is 23.1. The van der Waals surface area contributed by atoms with E-state index in [1.165, 1.54) is 42.7 Å². The maximum Gasteiger partial charge on any atom is 0.249 e. The molecule has 1 amide bonds. The number of rotatable bonds is 6. The third-order valence-electron chi connectivity index (χ3n) is 7.06. The van der Waals surface area contributed by atoms with Crippen LogP contribution in [0.2, 0.25) is 0 Å². The second kappa shape index (κ2) is 8.95. The van der Waals surface area contributed by atoms with Gasteiger partial charge in [0.1, 0.15) is 11.9 Å². The number of fused-ring (bicyclic) bond motifs is 1. The minimum Gasteiger partial charge on any atom is -0.391 e. The summed E-state index contributed by atoms with van der Waals surface area (Å²) in [7, 11) is 0. The Balaban J connectivity index is 1.27. The molecule has 178 valence electrons. The van der Waals surface area contributed by atoms with Gasteiger partial charge >= 0.3 is 0 Å². The van der Waals surface area contributed by atoms with Gasteiger partial charge in [0.05, 0.1) is 11.8 Å². The third kappa shape index (κ3) is 4.14. The average Bonchev–Trinajstić information content (AvgIpc) is 3.64. The number of thiazole rings is 1. The Kier molecular flexibility index (Phi) is 5.66. The lowest BCUT2D eigenvalue weighted by Gasteiger charge is -2.24. The molecule has 0 spiro atoms. The molecule has 3 aromatic heterocycles. The highest BCUT2D eigenvalue weighted by atomic mass is 32.1. The number of aromatic nitrogens is 5. The van der Waals surface area contributed by atoms with Crippen molar-refractivity contribution < 1.29 is 9.90 Å². The van der Waals surface area contributed by atoms with Crippen LogP contribution in [0.5, 0.6) is 0 Å². The standard InChI is InChI=1S/C23H28N8O2S/c32-14-10-18(21(33)28-23-24-8-9-34-23)31(12-14)22-25-16-7-3-6-15(16)20(27-22)26-19-11-17(29-30-19)13-4-1-2-5-13/h8-9,11,13-14,18,32H,1-7,10,12H2,(H,24,28,33)(H2,25,26,27,29,30)/t14-,18-/m0/s1. The van der Waals surface area contributed by atoms with E-state index >= 15 is 0 Å². The summed E-state index contributed by atoms with van der Waals surface area (Å²) in [6.45, 7) is 0.308. The molecule has 0 bridgehead atoms. The minimum atomic E-state index is -0.624. The number of H-pyrrole nitrogens is 1. The summed E-state index contributed by atoms with van der Waals surface area (Å²) in [5.74, 6) is 2.30. The fourth-order valence-electron chi connectivity index (χ4n) is 5.38. The minimum absolute atomic E-state index is 0.210. The predicted molar refractivity (Wildman–Crippen MR) is 130 cm³/mol. The second-order valence-corrected chi connectivity index (χ2v) is 10.2. The molecule has 4 heterocycles. The van der Waals surface area contributed by atoms with Crippen LogP contribution in [0.15, 0.2) is 17.6 Å². The Morgan fingerprint density at radius 1 is 1.21 bits per heavy atom. The van der Waals surface area contributed by atoms with Crippen LogP contribution in [0.3, 0.4) is 0 Å². The number of aromatic amines is 1. The highest BCUT2D eigenvalue weighted by Gasteiger charge is 2.38. The van der Waals surface area contributed by atoms with Crippen LogP contribution in [0.25, 0.3) is 0 Å². The molecule has 2 aliphatic carbocycles. The van der Waals surface area contributed by atoms with Crippen molar-refractivity contribution in [3.05, 3.63) is 34.6 Å². The first-order chi connectivity index (χ1) is 16.6. The van der Waals surface area contributed by atoms with E-state index in [-0.39, 0.29) is 5.91 Å². The molecule has 34 heavy (non-hydrogen) atoms. The van der Waals surface area contributed by atoms with Crippen molar-refractivity contribution in [1.82, 2.24) is 25.1 Å². The average molecular weight is 481 g/mol. The van der Waals surface area contributed by atoms with E-state index in [4.69, 9.17) is 9.97 Å².